The van der Waals surface area contributed by atoms with E-state index in [1.54, 1.807) is 0 Å². The van der Waals surface area contributed by atoms with Crippen LogP contribution in [0, 0.1) is 5.92 Å². The number of aliphatic carboxylic acids is 1. The highest BCUT2D eigenvalue weighted by Crippen LogP contribution is 2.33. The smallest absolute Gasteiger partial charge is 0.332 e. The molecule has 1 saturated carbocycles. The molecule has 4 heteroatoms. The zero-order valence-corrected chi connectivity index (χ0v) is 7.12. The number of amides is 1. The van der Waals surface area contributed by atoms with Crippen molar-refractivity contribution in [2.45, 2.75) is 25.3 Å². The van der Waals surface area contributed by atoms with Crippen LogP contribution in [0.1, 0.15) is 19.3 Å². The first-order chi connectivity index (χ1) is 6.18. The van der Waals surface area contributed by atoms with Gasteiger partial charge < -0.3 is 10.4 Å². The lowest BCUT2D eigenvalue weighted by Crippen LogP contribution is -2.42. The van der Waals surface area contributed by atoms with E-state index in [4.69, 9.17) is 5.11 Å². The number of carbonyl (C=O) groups excluding carboxylic acids is 1. The Balaban J connectivity index is 2.31. The minimum absolute atomic E-state index is 0.0372. The monoisotopic (exact) mass is 181 g/mol. The highest BCUT2D eigenvalue weighted by atomic mass is 16.4. The highest BCUT2D eigenvalue weighted by Gasteiger charge is 2.37. The Kier molecular flexibility index (Phi) is 1.83. The number of hydrogen-bond donors (Lipinski definition) is 2. The molecule has 1 amide bonds. The predicted molar refractivity (Wildman–Crippen MR) is 45.0 cm³/mol. The van der Waals surface area contributed by atoms with Crippen LogP contribution in [0.25, 0.3) is 0 Å². The van der Waals surface area contributed by atoms with E-state index in [0.29, 0.717) is 0 Å². The van der Waals surface area contributed by atoms with Gasteiger partial charge in [-0.25, -0.2) is 4.79 Å². The Morgan fingerprint density at radius 2 is 2.31 bits per heavy atom. The van der Waals surface area contributed by atoms with Gasteiger partial charge in [0.1, 0.15) is 0 Å². The van der Waals surface area contributed by atoms with Gasteiger partial charge in [-0.1, -0.05) is 6.42 Å². The van der Waals surface area contributed by atoms with Gasteiger partial charge in [0, 0.05) is 23.6 Å². The van der Waals surface area contributed by atoms with Gasteiger partial charge in [-0.15, -0.1) is 0 Å². The molecule has 2 atom stereocenters. The molecule has 1 heterocycles. The van der Waals surface area contributed by atoms with Crippen LogP contribution >= 0.6 is 0 Å². The van der Waals surface area contributed by atoms with Crippen molar-refractivity contribution in [2.24, 2.45) is 5.92 Å². The normalized spacial score (nSPS) is 32.0. The summed E-state index contributed by atoms with van der Waals surface area (Å²) in [7, 11) is 0. The number of rotatable bonds is 1. The van der Waals surface area contributed by atoms with Crippen molar-refractivity contribution in [3.05, 3.63) is 11.6 Å². The summed E-state index contributed by atoms with van der Waals surface area (Å²) >= 11 is 0. The first-order valence-electron chi connectivity index (χ1n) is 4.44. The van der Waals surface area contributed by atoms with Crippen molar-refractivity contribution in [2.75, 3.05) is 0 Å². The fourth-order valence-corrected chi connectivity index (χ4v) is 2.20. The fraction of sp³-hybridized carbons (Fsp3) is 0.556. The molecule has 2 rings (SSSR count). The Bertz CT molecular complexity index is 295. The third kappa shape index (κ3) is 1.32. The number of hydrogen-bond acceptors (Lipinski definition) is 2. The minimum atomic E-state index is -0.952. The average Bonchev–Trinajstić information content (AvgIpc) is 2.49. The lowest BCUT2D eigenvalue weighted by Gasteiger charge is -2.25. The maximum absolute atomic E-state index is 11.1. The average molecular weight is 181 g/mol. The molecule has 0 aromatic heterocycles. The first kappa shape index (κ1) is 8.29. The van der Waals surface area contributed by atoms with Crippen LogP contribution in [0.4, 0.5) is 0 Å². The SMILES string of the molecule is O=C1C=C(C(=O)O)C2CCCC2N1. The topological polar surface area (TPSA) is 66.4 Å². The van der Waals surface area contributed by atoms with Gasteiger partial charge in [0.05, 0.1) is 0 Å². The van der Waals surface area contributed by atoms with Gasteiger partial charge in [-0.3, -0.25) is 4.79 Å². The minimum Gasteiger partial charge on any atom is -0.478 e. The summed E-state index contributed by atoms with van der Waals surface area (Å²) in [4.78, 5) is 21.9. The molecular formula is C9H11NO3. The second kappa shape index (κ2) is 2.87. The molecule has 0 radical (unpaired) electrons. The number of carboxylic acids is 1. The van der Waals surface area contributed by atoms with Crippen LogP contribution in [-0.2, 0) is 9.59 Å². The molecule has 2 N–H and O–H groups in total. The lowest BCUT2D eigenvalue weighted by atomic mass is 9.90. The molecule has 0 spiro atoms. The maximum Gasteiger partial charge on any atom is 0.332 e. The molecular weight excluding hydrogens is 170 g/mol. The number of carboxylic acid groups (broad SMARTS) is 1. The molecule has 2 unspecified atom stereocenters. The van der Waals surface area contributed by atoms with Crippen LogP contribution in [0.15, 0.2) is 11.6 Å². The van der Waals surface area contributed by atoms with Crippen molar-refractivity contribution in [1.29, 1.82) is 0 Å². The lowest BCUT2D eigenvalue weighted by molar-refractivity contribution is -0.134. The Labute approximate surface area is 75.6 Å². The molecule has 1 fully saturated rings. The van der Waals surface area contributed by atoms with Crippen LogP contribution in [0.3, 0.4) is 0 Å². The second-order valence-electron chi connectivity index (χ2n) is 3.56. The van der Waals surface area contributed by atoms with Gasteiger partial charge in [0.15, 0.2) is 0 Å². The van der Waals surface area contributed by atoms with Gasteiger partial charge in [0.25, 0.3) is 0 Å². The maximum atomic E-state index is 11.1. The van der Waals surface area contributed by atoms with Crippen LogP contribution in [0.5, 0.6) is 0 Å². The van der Waals surface area contributed by atoms with Gasteiger partial charge in [-0.05, 0) is 12.8 Å². The van der Waals surface area contributed by atoms with E-state index in [-0.39, 0.29) is 23.4 Å². The number of fused-ring (bicyclic) bond motifs is 1. The summed E-state index contributed by atoms with van der Waals surface area (Å²) in [6.07, 6.45) is 4.00. The van der Waals surface area contributed by atoms with E-state index in [1.807, 2.05) is 0 Å². The molecule has 0 bridgehead atoms. The first-order valence-corrected chi connectivity index (χ1v) is 4.44. The zero-order valence-electron chi connectivity index (χ0n) is 7.12. The molecule has 0 aromatic carbocycles. The van der Waals surface area contributed by atoms with Crippen molar-refractivity contribution in [3.8, 4) is 0 Å². The van der Waals surface area contributed by atoms with Crippen molar-refractivity contribution in [3.63, 3.8) is 0 Å². The number of carbonyl (C=O) groups is 2. The summed E-state index contributed by atoms with van der Waals surface area (Å²) in [6, 6.07) is 0.0589. The van der Waals surface area contributed by atoms with Gasteiger partial charge >= 0.3 is 5.97 Å². The fourth-order valence-electron chi connectivity index (χ4n) is 2.20. The molecule has 0 saturated heterocycles. The zero-order chi connectivity index (χ0) is 9.42. The molecule has 70 valence electrons. The van der Waals surface area contributed by atoms with Crippen molar-refractivity contribution < 1.29 is 14.7 Å². The van der Waals surface area contributed by atoms with E-state index in [2.05, 4.69) is 5.32 Å². The summed E-state index contributed by atoms with van der Waals surface area (Å²) in [5.41, 5.74) is 0.284. The molecule has 1 aliphatic heterocycles. The van der Waals surface area contributed by atoms with Crippen LogP contribution in [-0.4, -0.2) is 23.0 Å². The van der Waals surface area contributed by atoms with E-state index in [0.717, 1.165) is 19.3 Å². The molecule has 13 heavy (non-hydrogen) atoms. The van der Waals surface area contributed by atoms with E-state index in [9.17, 15) is 9.59 Å². The third-order valence-electron chi connectivity index (χ3n) is 2.78. The van der Waals surface area contributed by atoms with Crippen LogP contribution in [0.2, 0.25) is 0 Å². The summed E-state index contributed by atoms with van der Waals surface area (Å²) < 4.78 is 0. The molecule has 1 aliphatic carbocycles. The van der Waals surface area contributed by atoms with Gasteiger partial charge in [0.2, 0.25) is 5.91 Å². The molecule has 4 nitrogen and oxygen atoms in total. The summed E-state index contributed by atoms with van der Waals surface area (Å²) in [5, 5.41) is 11.6. The number of nitrogens with one attached hydrogen (secondary N) is 1. The standard InChI is InChI=1S/C9H11NO3/c11-8-4-6(9(12)13)5-2-1-3-7(5)10-8/h4-5,7H,1-3H2,(H,10,11)(H,12,13). The largest absolute Gasteiger partial charge is 0.478 e. The van der Waals surface area contributed by atoms with Crippen LogP contribution < -0.4 is 5.32 Å². The van der Waals surface area contributed by atoms with E-state index < -0.39 is 5.97 Å². The Morgan fingerprint density at radius 1 is 1.54 bits per heavy atom. The predicted octanol–water partition coefficient (Wildman–Crippen LogP) is 0.296. The van der Waals surface area contributed by atoms with E-state index in [1.165, 1.54) is 6.08 Å². The highest BCUT2D eigenvalue weighted by molar-refractivity contribution is 5.99. The summed E-state index contributed by atoms with van der Waals surface area (Å²) in [6.45, 7) is 0. The van der Waals surface area contributed by atoms with Crippen molar-refractivity contribution >= 4 is 11.9 Å². The second-order valence-corrected chi connectivity index (χ2v) is 3.56. The molecule has 2 aliphatic rings. The van der Waals surface area contributed by atoms with E-state index >= 15 is 0 Å². The van der Waals surface area contributed by atoms with Crippen molar-refractivity contribution in [1.82, 2.24) is 5.32 Å². The quantitative estimate of drug-likeness (QED) is 0.611. The summed E-state index contributed by atoms with van der Waals surface area (Å²) in [5.74, 6) is -1.18. The Hall–Kier alpha value is -1.32. The van der Waals surface area contributed by atoms with Gasteiger partial charge in [-0.2, -0.15) is 0 Å². The Morgan fingerprint density at radius 3 is 3.00 bits per heavy atom. The third-order valence-corrected chi connectivity index (χ3v) is 2.78. The molecule has 0 aromatic rings.